The van der Waals surface area contributed by atoms with Crippen molar-refractivity contribution in [1.29, 1.82) is 0 Å². The van der Waals surface area contributed by atoms with Crippen LogP contribution >= 0.6 is 10.7 Å². The van der Waals surface area contributed by atoms with E-state index >= 15 is 0 Å². The number of hydrogen-bond donors (Lipinski definition) is 1. The summed E-state index contributed by atoms with van der Waals surface area (Å²) in [5.41, 5.74) is 0.193. The van der Waals surface area contributed by atoms with Crippen molar-refractivity contribution in [2.45, 2.75) is 4.90 Å². The molecule has 7 heteroatoms. The van der Waals surface area contributed by atoms with Crippen molar-refractivity contribution < 1.29 is 22.7 Å². The zero-order valence-electron chi connectivity index (χ0n) is 7.68. The molecular weight excluding hydrogens is 256 g/mol. The molecular formula is C9H5ClO5S. The minimum atomic E-state index is -3.88. The lowest BCUT2D eigenvalue weighted by molar-refractivity contribution is 0.0698. The van der Waals surface area contributed by atoms with E-state index in [0.29, 0.717) is 5.58 Å². The van der Waals surface area contributed by atoms with E-state index in [4.69, 9.17) is 20.2 Å². The highest BCUT2D eigenvalue weighted by Crippen LogP contribution is 2.25. The monoisotopic (exact) mass is 260 g/mol. The SMILES string of the molecule is O=C(O)c1coc2ccc(S(=O)(=O)Cl)cc12. The molecule has 0 aliphatic carbocycles. The zero-order valence-corrected chi connectivity index (χ0v) is 9.25. The van der Waals surface area contributed by atoms with Crippen LogP contribution in [0.25, 0.3) is 11.0 Å². The van der Waals surface area contributed by atoms with Crippen molar-refractivity contribution in [3.63, 3.8) is 0 Å². The Hall–Kier alpha value is -1.53. The normalized spacial score (nSPS) is 11.8. The fourth-order valence-corrected chi connectivity index (χ4v) is 2.10. The Balaban J connectivity index is 2.78. The number of fused-ring (bicyclic) bond motifs is 1. The smallest absolute Gasteiger partial charge is 0.339 e. The quantitative estimate of drug-likeness (QED) is 0.836. The minimum Gasteiger partial charge on any atom is -0.478 e. The molecule has 5 nitrogen and oxygen atoms in total. The molecule has 2 rings (SSSR count). The summed E-state index contributed by atoms with van der Waals surface area (Å²) >= 11 is 0. The van der Waals surface area contributed by atoms with E-state index in [-0.39, 0.29) is 15.8 Å². The lowest BCUT2D eigenvalue weighted by Crippen LogP contribution is -1.95. The topological polar surface area (TPSA) is 84.6 Å². The molecule has 1 N–H and O–H groups in total. The van der Waals surface area contributed by atoms with Crippen molar-refractivity contribution in [3.8, 4) is 0 Å². The van der Waals surface area contributed by atoms with Crippen molar-refractivity contribution in [1.82, 2.24) is 0 Å². The van der Waals surface area contributed by atoms with Gasteiger partial charge in [0.15, 0.2) is 0 Å². The van der Waals surface area contributed by atoms with E-state index in [1.807, 2.05) is 0 Å². The van der Waals surface area contributed by atoms with E-state index in [9.17, 15) is 13.2 Å². The fourth-order valence-electron chi connectivity index (χ4n) is 1.33. The maximum Gasteiger partial charge on any atom is 0.339 e. The number of aromatic carboxylic acids is 1. The summed E-state index contributed by atoms with van der Waals surface area (Å²) in [5.74, 6) is -1.19. The van der Waals surface area contributed by atoms with E-state index in [2.05, 4.69) is 0 Å². The molecule has 0 atom stereocenters. The van der Waals surface area contributed by atoms with Crippen molar-refractivity contribution in [2.75, 3.05) is 0 Å². The van der Waals surface area contributed by atoms with Crippen LogP contribution < -0.4 is 0 Å². The molecule has 1 aromatic heterocycles. The van der Waals surface area contributed by atoms with Gasteiger partial charge in [-0.1, -0.05) is 0 Å². The average Bonchev–Trinajstić information content (AvgIpc) is 2.58. The average molecular weight is 261 g/mol. The van der Waals surface area contributed by atoms with Crippen LogP contribution in [0.4, 0.5) is 0 Å². The molecule has 16 heavy (non-hydrogen) atoms. The first kappa shape index (κ1) is 11.0. The number of halogens is 1. The molecule has 0 radical (unpaired) electrons. The van der Waals surface area contributed by atoms with Gasteiger partial charge in [0.2, 0.25) is 0 Å². The second-order valence-electron chi connectivity index (χ2n) is 3.05. The first-order valence-corrected chi connectivity index (χ1v) is 6.40. The molecule has 1 aromatic carbocycles. The lowest BCUT2D eigenvalue weighted by Gasteiger charge is -1.96. The van der Waals surface area contributed by atoms with Crippen LogP contribution in [-0.4, -0.2) is 19.5 Å². The van der Waals surface area contributed by atoms with Gasteiger partial charge in [-0.25, -0.2) is 13.2 Å². The van der Waals surface area contributed by atoms with Gasteiger partial charge in [0.25, 0.3) is 9.05 Å². The predicted molar refractivity (Wildman–Crippen MR) is 56.2 cm³/mol. The zero-order chi connectivity index (χ0) is 11.9. The standard InChI is InChI=1S/C9H5ClO5S/c10-16(13,14)5-1-2-8-6(3-5)7(4-15-8)9(11)12/h1-4H,(H,11,12). The van der Waals surface area contributed by atoms with Gasteiger partial charge in [-0.15, -0.1) is 0 Å². The second kappa shape index (κ2) is 3.50. The van der Waals surface area contributed by atoms with Crippen molar-refractivity contribution in [2.24, 2.45) is 0 Å². The Labute approximate surface area is 94.7 Å². The summed E-state index contributed by atoms with van der Waals surface area (Å²) in [6.07, 6.45) is 1.05. The van der Waals surface area contributed by atoms with Gasteiger partial charge in [0.05, 0.1) is 4.90 Å². The Morgan fingerprint density at radius 2 is 2.06 bits per heavy atom. The summed E-state index contributed by atoms with van der Waals surface area (Å²) in [5, 5.41) is 9.03. The molecule has 0 saturated carbocycles. The van der Waals surface area contributed by atoms with Crippen LogP contribution in [-0.2, 0) is 9.05 Å². The van der Waals surface area contributed by atoms with Gasteiger partial charge in [-0.05, 0) is 18.2 Å². The summed E-state index contributed by atoms with van der Waals surface area (Å²) in [6.45, 7) is 0. The van der Waals surface area contributed by atoms with Gasteiger partial charge in [0.1, 0.15) is 17.4 Å². The third kappa shape index (κ3) is 1.77. The molecule has 0 aliphatic heterocycles. The van der Waals surface area contributed by atoms with E-state index in [1.54, 1.807) is 0 Å². The summed E-state index contributed by atoms with van der Waals surface area (Å²) < 4.78 is 27.1. The van der Waals surface area contributed by atoms with Crippen LogP contribution in [0.1, 0.15) is 10.4 Å². The van der Waals surface area contributed by atoms with E-state index in [1.165, 1.54) is 18.2 Å². The van der Waals surface area contributed by atoms with Crippen LogP contribution in [0.2, 0.25) is 0 Å². The number of rotatable bonds is 2. The summed E-state index contributed by atoms with van der Waals surface area (Å²) in [7, 11) is 1.28. The molecule has 0 saturated heterocycles. The van der Waals surface area contributed by atoms with Gasteiger partial charge in [0, 0.05) is 16.1 Å². The molecule has 2 aromatic rings. The Morgan fingerprint density at radius 3 is 2.62 bits per heavy atom. The van der Waals surface area contributed by atoms with Crippen molar-refractivity contribution >= 4 is 36.7 Å². The fraction of sp³-hybridized carbons (Fsp3) is 0. The van der Waals surface area contributed by atoms with Gasteiger partial charge < -0.3 is 9.52 Å². The van der Waals surface area contributed by atoms with Crippen LogP contribution in [0.3, 0.4) is 0 Å². The van der Waals surface area contributed by atoms with Gasteiger partial charge >= 0.3 is 5.97 Å². The van der Waals surface area contributed by atoms with Crippen LogP contribution in [0.5, 0.6) is 0 Å². The van der Waals surface area contributed by atoms with Crippen LogP contribution in [0, 0.1) is 0 Å². The number of furan rings is 1. The molecule has 0 amide bonds. The molecule has 0 spiro atoms. The van der Waals surface area contributed by atoms with Crippen molar-refractivity contribution in [3.05, 3.63) is 30.0 Å². The molecule has 0 fully saturated rings. The van der Waals surface area contributed by atoms with Gasteiger partial charge in [-0.3, -0.25) is 0 Å². The maximum absolute atomic E-state index is 11.1. The minimum absolute atomic E-state index is 0.0998. The largest absolute Gasteiger partial charge is 0.478 e. The van der Waals surface area contributed by atoms with Crippen LogP contribution in [0.15, 0.2) is 33.8 Å². The third-order valence-electron chi connectivity index (χ3n) is 2.06. The predicted octanol–water partition coefficient (Wildman–Crippen LogP) is 2.06. The Kier molecular flexibility index (Phi) is 2.40. The Morgan fingerprint density at radius 1 is 1.38 bits per heavy atom. The number of carbonyl (C=O) groups is 1. The highest BCUT2D eigenvalue weighted by molar-refractivity contribution is 8.13. The Bertz CT molecular complexity index is 670. The molecule has 0 unspecified atom stereocenters. The molecule has 0 bridgehead atoms. The first-order valence-electron chi connectivity index (χ1n) is 4.09. The highest BCUT2D eigenvalue weighted by Gasteiger charge is 2.16. The highest BCUT2D eigenvalue weighted by atomic mass is 35.7. The lowest BCUT2D eigenvalue weighted by atomic mass is 10.2. The number of benzene rings is 1. The number of hydrogen-bond acceptors (Lipinski definition) is 4. The van der Waals surface area contributed by atoms with E-state index in [0.717, 1.165) is 6.26 Å². The number of carboxylic acid groups (broad SMARTS) is 1. The maximum atomic E-state index is 11.1. The first-order chi connectivity index (χ1) is 7.39. The summed E-state index contributed by atoms with van der Waals surface area (Å²) in [6, 6.07) is 3.78. The third-order valence-corrected chi connectivity index (χ3v) is 3.41. The summed E-state index contributed by atoms with van der Waals surface area (Å²) in [4.78, 5) is 10.6. The molecule has 1 heterocycles. The molecule has 0 aliphatic rings. The van der Waals surface area contributed by atoms with Gasteiger partial charge in [-0.2, -0.15) is 0 Å². The molecule has 84 valence electrons. The second-order valence-corrected chi connectivity index (χ2v) is 5.62. The number of carboxylic acids is 1. The van der Waals surface area contributed by atoms with E-state index < -0.39 is 15.0 Å².